The van der Waals surface area contributed by atoms with Crippen molar-refractivity contribution in [1.29, 1.82) is 0 Å². The van der Waals surface area contributed by atoms with Crippen LogP contribution in [0.3, 0.4) is 0 Å². The van der Waals surface area contributed by atoms with E-state index < -0.39 is 16.5 Å². The summed E-state index contributed by atoms with van der Waals surface area (Å²) in [7, 11) is -4.77. The standard InChI is InChI=1S/C24H38O7S/c1-13-19-12-21(30-15(3)26)22-17-7-6-16(14(2)25)23(17,4)10-8-18(22)24(19,5)11-9-20(13)31-32(27,28)29/h13,16-22H,6-12H2,1-5H3,(H,27,28,29)/p-1/t13-,16?,17?,18?,19?,20+,21+,22?,23+,24+/m0/s1. The average Bonchev–Trinajstić information content (AvgIpc) is 3.01. The minimum absolute atomic E-state index is 0.0388. The lowest BCUT2D eigenvalue weighted by molar-refractivity contribution is -0.201. The summed E-state index contributed by atoms with van der Waals surface area (Å²) in [4.78, 5) is 24.5. The summed E-state index contributed by atoms with van der Waals surface area (Å²) in [6.45, 7) is 9.69. The summed E-state index contributed by atoms with van der Waals surface area (Å²) in [5.41, 5.74) is -0.0972. The molecule has 0 heterocycles. The highest BCUT2D eigenvalue weighted by molar-refractivity contribution is 7.80. The lowest BCUT2D eigenvalue weighted by Gasteiger charge is -2.63. The van der Waals surface area contributed by atoms with E-state index in [4.69, 9.17) is 8.92 Å². The first-order valence-corrected chi connectivity index (χ1v) is 13.4. The van der Waals surface area contributed by atoms with E-state index in [1.165, 1.54) is 6.92 Å². The number of ketones is 1. The Morgan fingerprint density at radius 1 is 0.906 bits per heavy atom. The van der Waals surface area contributed by atoms with Gasteiger partial charge in [-0.25, -0.2) is 8.42 Å². The molecule has 0 N–H and O–H groups in total. The van der Waals surface area contributed by atoms with Crippen molar-refractivity contribution < 1.29 is 31.5 Å². The van der Waals surface area contributed by atoms with E-state index in [0.717, 1.165) is 32.1 Å². The molecule has 4 aliphatic rings. The highest BCUT2D eigenvalue weighted by Gasteiger charge is 2.65. The number of carbonyl (C=O) groups excluding carboxylic acids is 2. The Labute approximate surface area is 191 Å². The Bertz CT molecular complexity index is 885. The van der Waals surface area contributed by atoms with Gasteiger partial charge in [-0.3, -0.25) is 13.8 Å². The maximum Gasteiger partial charge on any atom is 0.302 e. The van der Waals surface area contributed by atoms with Crippen molar-refractivity contribution in [2.24, 2.45) is 46.3 Å². The fourth-order valence-corrected chi connectivity index (χ4v) is 9.46. The zero-order valence-electron chi connectivity index (χ0n) is 19.8. The first-order valence-electron chi connectivity index (χ1n) is 12.1. The molecule has 0 bridgehead atoms. The second kappa shape index (κ2) is 8.05. The zero-order valence-corrected chi connectivity index (χ0v) is 20.7. The van der Waals surface area contributed by atoms with Crippen LogP contribution in [0.2, 0.25) is 0 Å². The van der Waals surface area contributed by atoms with Crippen LogP contribution >= 0.6 is 0 Å². The fourth-order valence-electron chi connectivity index (χ4n) is 8.89. The first kappa shape index (κ1) is 24.1. The predicted octanol–water partition coefficient (Wildman–Crippen LogP) is 3.87. The second-order valence-electron chi connectivity index (χ2n) is 11.5. The number of hydrogen-bond donors (Lipinski definition) is 0. The quantitative estimate of drug-likeness (QED) is 0.349. The van der Waals surface area contributed by atoms with Crippen LogP contribution in [0.5, 0.6) is 0 Å². The lowest BCUT2D eigenvalue weighted by atomic mass is 9.42. The predicted molar refractivity (Wildman–Crippen MR) is 116 cm³/mol. The van der Waals surface area contributed by atoms with Crippen molar-refractivity contribution in [3.8, 4) is 0 Å². The van der Waals surface area contributed by atoms with Gasteiger partial charge in [0.1, 0.15) is 11.9 Å². The molecule has 0 aromatic rings. The molecule has 32 heavy (non-hydrogen) atoms. The number of rotatable bonds is 4. The van der Waals surface area contributed by atoms with Crippen molar-refractivity contribution in [2.75, 3.05) is 0 Å². The molecule has 0 amide bonds. The van der Waals surface area contributed by atoms with Crippen LogP contribution in [-0.4, -0.2) is 36.9 Å². The summed E-state index contributed by atoms with van der Waals surface area (Å²) < 4.78 is 44.8. The molecule has 0 radical (unpaired) electrons. The molecule has 182 valence electrons. The molecule has 4 fully saturated rings. The van der Waals surface area contributed by atoms with Gasteiger partial charge in [-0.15, -0.1) is 0 Å². The average molecular weight is 470 g/mol. The van der Waals surface area contributed by atoms with Crippen LogP contribution in [0.25, 0.3) is 0 Å². The van der Waals surface area contributed by atoms with Crippen molar-refractivity contribution in [3.05, 3.63) is 0 Å². The SMILES string of the molecule is CC(=O)O[C@@H]1CC2[C@H](C)[C@H](OS(=O)(=O)[O-])CC[C@]2(C)C2CC[C@]3(C)C(C(C)=O)CCC3C21. The molecule has 0 saturated heterocycles. The van der Waals surface area contributed by atoms with Gasteiger partial charge >= 0.3 is 5.97 Å². The van der Waals surface area contributed by atoms with E-state index in [1.807, 2.05) is 6.92 Å². The lowest BCUT2D eigenvalue weighted by Crippen LogP contribution is -2.61. The van der Waals surface area contributed by atoms with Gasteiger partial charge in [-0.1, -0.05) is 20.8 Å². The Kier molecular flexibility index (Phi) is 6.07. The van der Waals surface area contributed by atoms with E-state index in [2.05, 4.69) is 13.8 Å². The Hall–Kier alpha value is -0.990. The number of fused-ring (bicyclic) bond motifs is 5. The van der Waals surface area contributed by atoms with Crippen LogP contribution in [0.4, 0.5) is 0 Å². The summed E-state index contributed by atoms with van der Waals surface area (Å²) >= 11 is 0. The van der Waals surface area contributed by atoms with E-state index in [0.29, 0.717) is 24.7 Å². The second-order valence-corrected chi connectivity index (χ2v) is 12.5. The molecule has 0 aliphatic heterocycles. The summed E-state index contributed by atoms with van der Waals surface area (Å²) in [6, 6.07) is 0. The van der Waals surface area contributed by atoms with Gasteiger partial charge in [0.15, 0.2) is 0 Å². The van der Waals surface area contributed by atoms with Gasteiger partial charge in [0.2, 0.25) is 10.4 Å². The number of carbonyl (C=O) groups is 2. The van der Waals surface area contributed by atoms with Gasteiger partial charge < -0.3 is 9.29 Å². The van der Waals surface area contributed by atoms with Gasteiger partial charge in [-0.05, 0) is 86.4 Å². The molecular weight excluding hydrogens is 432 g/mol. The molecule has 8 heteroatoms. The van der Waals surface area contributed by atoms with Crippen LogP contribution in [0, 0.1) is 46.3 Å². The van der Waals surface area contributed by atoms with Gasteiger partial charge in [0.25, 0.3) is 0 Å². The Morgan fingerprint density at radius 3 is 2.12 bits per heavy atom. The Balaban J connectivity index is 1.69. The molecule has 4 aliphatic carbocycles. The molecule has 10 atom stereocenters. The van der Waals surface area contributed by atoms with E-state index in [-0.39, 0.29) is 52.4 Å². The summed E-state index contributed by atoms with van der Waals surface area (Å²) in [5, 5.41) is 0. The number of ether oxygens (including phenoxy) is 1. The highest BCUT2D eigenvalue weighted by atomic mass is 32.3. The maximum absolute atomic E-state index is 12.4. The zero-order chi connectivity index (χ0) is 23.6. The molecule has 0 spiro atoms. The van der Waals surface area contributed by atoms with Gasteiger partial charge in [-0.2, -0.15) is 0 Å². The minimum atomic E-state index is -4.77. The monoisotopic (exact) mass is 469 g/mol. The Morgan fingerprint density at radius 2 is 1.53 bits per heavy atom. The number of hydrogen-bond acceptors (Lipinski definition) is 7. The number of esters is 1. The molecule has 5 unspecified atom stereocenters. The third-order valence-electron chi connectivity index (χ3n) is 10.2. The third kappa shape index (κ3) is 3.84. The largest absolute Gasteiger partial charge is 0.726 e. The van der Waals surface area contributed by atoms with Crippen LogP contribution in [-0.2, 0) is 28.9 Å². The minimum Gasteiger partial charge on any atom is -0.726 e. The number of Topliss-reactive ketones (excluding diaryl/α,β-unsaturated/α-hetero) is 1. The van der Waals surface area contributed by atoms with E-state index in [1.54, 1.807) is 6.92 Å². The van der Waals surface area contributed by atoms with E-state index >= 15 is 0 Å². The molecule has 0 aromatic heterocycles. The van der Waals surface area contributed by atoms with Crippen LogP contribution in [0.1, 0.15) is 79.6 Å². The van der Waals surface area contributed by atoms with E-state index in [9.17, 15) is 22.6 Å². The molecule has 4 rings (SSSR count). The topological polar surface area (TPSA) is 110 Å². The third-order valence-corrected chi connectivity index (χ3v) is 10.7. The van der Waals surface area contributed by atoms with Crippen molar-refractivity contribution in [3.63, 3.8) is 0 Å². The van der Waals surface area contributed by atoms with Crippen molar-refractivity contribution in [2.45, 2.75) is 91.8 Å². The molecular formula is C24H37O7S-. The van der Waals surface area contributed by atoms with Crippen molar-refractivity contribution >= 4 is 22.2 Å². The summed E-state index contributed by atoms with van der Waals surface area (Å²) in [5.74, 6) is 0.886. The smallest absolute Gasteiger partial charge is 0.302 e. The van der Waals surface area contributed by atoms with Crippen LogP contribution in [0.15, 0.2) is 0 Å². The molecule has 0 aromatic carbocycles. The molecule has 4 saturated carbocycles. The maximum atomic E-state index is 12.4. The highest BCUT2D eigenvalue weighted by Crippen LogP contribution is 2.68. The van der Waals surface area contributed by atoms with Gasteiger partial charge in [0, 0.05) is 18.8 Å². The summed E-state index contributed by atoms with van der Waals surface area (Å²) in [6.07, 6.45) is 4.94. The van der Waals surface area contributed by atoms with Gasteiger partial charge in [0.05, 0.1) is 6.10 Å². The first-order chi connectivity index (χ1) is 14.8. The molecule has 7 nitrogen and oxygen atoms in total. The van der Waals surface area contributed by atoms with Crippen molar-refractivity contribution in [1.82, 2.24) is 0 Å². The van der Waals surface area contributed by atoms with Crippen LogP contribution < -0.4 is 0 Å². The fraction of sp³-hybridized carbons (Fsp3) is 0.917. The normalized spacial score (nSPS) is 48.3.